The lowest BCUT2D eigenvalue weighted by atomic mass is 10.0. The van der Waals surface area contributed by atoms with Crippen LogP contribution in [0, 0.1) is 6.92 Å². The van der Waals surface area contributed by atoms with Gasteiger partial charge < -0.3 is 9.73 Å². The lowest BCUT2D eigenvalue weighted by molar-refractivity contribution is -0.123. The lowest BCUT2D eigenvalue weighted by Crippen LogP contribution is -2.30. The van der Waals surface area contributed by atoms with E-state index >= 15 is 0 Å². The van der Waals surface area contributed by atoms with E-state index in [4.69, 9.17) is 4.42 Å². The van der Waals surface area contributed by atoms with Gasteiger partial charge in [0.15, 0.2) is 11.4 Å². The Labute approximate surface area is 138 Å². The number of carbonyl (C=O) groups is 1. The molecule has 1 unspecified atom stereocenters. The van der Waals surface area contributed by atoms with E-state index in [1.165, 1.54) is 0 Å². The van der Waals surface area contributed by atoms with E-state index in [1.807, 2.05) is 25.1 Å². The largest absolute Gasteiger partial charge is 0.439 e. The minimum Gasteiger partial charge on any atom is -0.439 e. The highest BCUT2D eigenvalue weighted by Crippen LogP contribution is 2.24. The number of nitrogens with zero attached hydrogens (tertiary/aromatic N) is 5. The number of para-hydroxylation sites is 1. The number of oxazole rings is 1. The quantitative estimate of drug-likeness (QED) is 0.786. The number of hydrogen-bond donors (Lipinski definition) is 1. The summed E-state index contributed by atoms with van der Waals surface area (Å²) < 4.78 is 7.42. The van der Waals surface area contributed by atoms with Crippen molar-refractivity contribution in [3.8, 4) is 0 Å². The molecular weight excluding hydrogens is 308 g/mol. The van der Waals surface area contributed by atoms with Gasteiger partial charge in [0.1, 0.15) is 5.52 Å². The second-order valence-corrected chi connectivity index (χ2v) is 6.06. The average molecular weight is 326 g/mol. The molecule has 1 N–H and O–H groups in total. The Balaban J connectivity index is 1.49. The lowest BCUT2D eigenvalue weighted by Gasteiger charge is -2.12. The smallest absolute Gasteiger partial charge is 0.231 e. The first-order valence-corrected chi connectivity index (χ1v) is 8.11. The van der Waals surface area contributed by atoms with Crippen LogP contribution in [0.25, 0.3) is 11.1 Å². The fraction of sp³-hybridized carbons (Fsp3) is 0.438. The third kappa shape index (κ3) is 2.64. The van der Waals surface area contributed by atoms with Crippen LogP contribution >= 0.6 is 0 Å². The number of hydrogen-bond acceptors (Lipinski definition) is 6. The fourth-order valence-electron chi connectivity index (χ4n) is 3.10. The van der Waals surface area contributed by atoms with Crippen molar-refractivity contribution < 1.29 is 9.21 Å². The molecule has 1 amide bonds. The second-order valence-electron chi connectivity index (χ2n) is 6.06. The predicted octanol–water partition coefficient (Wildman–Crippen LogP) is 1.71. The average Bonchev–Trinajstić information content (AvgIpc) is 3.16. The Morgan fingerprint density at radius 3 is 3.21 bits per heavy atom. The number of tetrazole rings is 1. The minimum absolute atomic E-state index is 0.0908. The third-order valence-corrected chi connectivity index (χ3v) is 4.38. The summed E-state index contributed by atoms with van der Waals surface area (Å²) in [5, 5.41) is 14.6. The highest BCUT2D eigenvalue weighted by Gasteiger charge is 2.28. The summed E-state index contributed by atoms with van der Waals surface area (Å²) in [6.45, 7) is 3.00. The van der Waals surface area contributed by atoms with Crippen LogP contribution in [0.3, 0.4) is 0 Å². The molecule has 0 fully saturated rings. The van der Waals surface area contributed by atoms with Crippen molar-refractivity contribution in [3.05, 3.63) is 35.5 Å². The number of rotatable bonds is 3. The molecule has 4 rings (SSSR count). The molecule has 8 nitrogen and oxygen atoms in total. The van der Waals surface area contributed by atoms with Gasteiger partial charge >= 0.3 is 0 Å². The maximum atomic E-state index is 12.6. The molecule has 0 aliphatic carbocycles. The summed E-state index contributed by atoms with van der Waals surface area (Å²) in [6, 6.07) is 5.79. The standard InChI is InChI=1S/C16H18N6O2/c1-10-5-4-7-12-14(10)18-13(24-12)9-17-16(23)11-6-2-3-8-22-15(11)19-20-21-22/h4-5,7,11H,2-3,6,8-9H2,1H3,(H,17,23). The molecule has 1 aliphatic heterocycles. The molecule has 0 bridgehead atoms. The highest BCUT2D eigenvalue weighted by atomic mass is 16.3. The Morgan fingerprint density at radius 2 is 2.33 bits per heavy atom. The van der Waals surface area contributed by atoms with Gasteiger partial charge in [0.05, 0.1) is 12.5 Å². The van der Waals surface area contributed by atoms with E-state index in [1.54, 1.807) is 4.68 Å². The third-order valence-electron chi connectivity index (χ3n) is 4.38. The molecule has 0 radical (unpaired) electrons. The molecule has 1 aliphatic rings. The van der Waals surface area contributed by atoms with Crippen LogP contribution in [-0.4, -0.2) is 31.1 Å². The van der Waals surface area contributed by atoms with E-state index in [9.17, 15) is 4.79 Å². The molecule has 0 saturated heterocycles. The van der Waals surface area contributed by atoms with Gasteiger partial charge in [0, 0.05) is 6.54 Å². The SMILES string of the molecule is Cc1cccc2oc(CNC(=O)C3CCCCn4nnnc43)nc12. The molecule has 3 heterocycles. The number of aryl methyl sites for hydroxylation is 2. The zero-order valence-corrected chi connectivity index (χ0v) is 13.4. The minimum atomic E-state index is -0.325. The van der Waals surface area contributed by atoms with Gasteiger partial charge in [-0.3, -0.25) is 4.79 Å². The van der Waals surface area contributed by atoms with Gasteiger partial charge in [-0.2, -0.15) is 0 Å². The van der Waals surface area contributed by atoms with E-state index in [-0.39, 0.29) is 18.4 Å². The van der Waals surface area contributed by atoms with Gasteiger partial charge in [0.2, 0.25) is 11.8 Å². The van der Waals surface area contributed by atoms with Crippen molar-refractivity contribution >= 4 is 17.0 Å². The molecule has 8 heteroatoms. The van der Waals surface area contributed by atoms with E-state index in [2.05, 4.69) is 25.8 Å². The van der Waals surface area contributed by atoms with Crippen molar-refractivity contribution in [1.82, 2.24) is 30.5 Å². The molecule has 124 valence electrons. The Hall–Kier alpha value is -2.77. The molecule has 0 spiro atoms. The van der Waals surface area contributed by atoms with Crippen molar-refractivity contribution in [2.45, 2.75) is 45.2 Å². The number of amides is 1. The summed E-state index contributed by atoms with van der Waals surface area (Å²) in [6.07, 6.45) is 2.69. The topological polar surface area (TPSA) is 98.7 Å². The van der Waals surface area contributed by atoms with Crippen molar-refractivity contribution in [2.24, 2.45) is 0 Å². The van der Waals surface area contributed by atoms with Crippen LogP contribution in [0.1, 0.15) is 42.5 Å². The second kappa shape index (κ2) is 6.03. The van der Waals surface area contributed by atoms with Gasteiger partial charge in [-0.05, 0) is 41.8 Å². The molecule has 3 aromatic rings. The maximum Gasteiger partial charge on any atom is 0.231 e. The maximum absolute atomic E-state index is 12.6. The van der Waals surface area contributed by atoms with Crippen LogP contribution in [-0.2, 0) is 17.9 Å². The van der Waals surface area contributed by atoms with Crippen LogP contribution in [0.15, 0.2) is 22.6 Å². The van der Waals surface area contributed by atoms with Crippen molar-refractivity contribution in [1.29, 1.82) is 0 Å². The molecule has 0 saturated carbocycles. The van der Waals surface area contributed by atoms with Gasteiger partial charge in [-0.1, -0.05) is 18.6 Å². The molecule has 1 atom stereocenters. The monoisotopic (exact) mass is 326 g/mol. The zero-order chi connectivity index (χ0) is 16.5. The number of fused-ring (bicyclic) bond motifs is 2. The zero-order valence-electron chi connectivity index (χ0n) is 13.4. The van der Waals surface area contributed by atoms with E-state index in [0.29, 0.717) is 11.7 Å². The fourth-order valence-corrected chi connectivity index (χ4v) is 3.10. The first kappa shape index (κ1) is 14.8. The summed E-state index contributed by atoms with van der Waals surface area (Å²) >= 11 is 0. The highest BCUT2D eigenvalue weighted by molar-refractivity contribution is 5.82. The number of benzene rings is 1. The van der Waals surface area contributed by atoms with Crippen LogP contribution in [0.5, 0.6) is 0 Å². The number of carbonyl (C=O) groups excluding carboxylic acids is 1. The van der Waals surface area contributed by atoms with Crippen molar-refractivity contribution in [2.75, 3.05) is 0 Å². The van der Waals surface area contributed by atoms with Gasteiger partial charge in [-0.25, -0.2) is 9.67 Å². The number of aromatic nitrogens is 5. The molecule has 24 heavy (non-hydrogen) atoms. The summed E-state index contributed by atoms with van der Waals surface area (Å²) in [7, 11) is 0. The summed E-state index contributed by atoms with van der Waals surface area (Å²) in [5.41, 5.74) is 2.62. The van der Waals surface area contributed by atoms with Crippen LogP contribution < -0.4 is 5.32 Å². The first-order valence-electron chi connectivity index (χ1n) is 8.11. The summed E-state index contributed by atoms with van der Waals surface area (Å²) in [4.78, 5) is 17.0. The molecule has 2 aromatic heterocycles. The normalized spacial score (nSPS) is 17.5. The van der Waals surface area contributed by atoms with Gasteiger partial charge in [0.25, 0.3) is 0 Å². The van der Waals surface area contributed by atoms with E-state index < -0.39 is 0 Å². The molecule has 1 aromatic carbocycles. The van der Waals surface area contributed by atoms with Crippen molar-refractivity contribution in [3.63, 3.8) is 0 Å². The Kier molecular flexibility index (Phi) is 3.72. The Morgan fingerprint density at radius 1 is 1.42 bits per heavy atom. The summed E-state index contributed by atoms with van der Waals surface area (Å²) in [5.74, 6) is 0.722. The molecular formula is C16H18N6O2. The van der Waals surface area contributed by atoms with Crippen LogP contribution in [0.2, 0.25) is 0 Å². The number of nitrogens with one attached hydrogen (secondary N) is 1. The van der Waals surface area contributed by atoms with Crippen LogP contribution in [0.4, 0.5) is 0 Å². The predicted molar refractivity (Wildman–Crippen MR) is 85.0 cm³/mol. The first-order chi connectivity index (χ1) is 11.7. The van der Waals surface area contributed by atoms with Gasteiger partial charge in [-0.15, -0.1) is 5.10 Å². The van der Waals surface area contributed by atoms with E-state index in [0.717, 1.165) is 42.5 Å². The Bertz CT molecular complexity index is 884.